The lowest BCUT2D eigenvalue weighted by Crippen LogP contribution is -2.35. The van der Waals surface area contributed by atoms with E-state index in [-0.39, 0.29) is 23.6 Å². The molecule has 1 unspecified atom stereocenters. The predicted molar refractivity (Wildman–Crippen MR) is 74.9 cm³/mol. The number of hydrogen-bond donors (Lipinski definition) is 1. The Morgan fingerprint density at radius 3 is 3.15 bits per heavy atom. The molecule has 0 spiro atoms. The summed E-state index contributed by atoms with van der Waals surface area (Å²) in [6.45, 7) is 2.04. The van der Waals surface area contributed by atoms with Gasteiger partial charge in [-0.1, -0.05) is 11.8 Å². The highest BCUT2D eigenvalue weighted by Crippen LogP contribution is 2.23. The topological polar surface area (TPSA) is 75.4 Å². The maximum absolute atomic E-state index is 12.4. The highest BCUT2D eigenvalue weighted by atomic mass is 32.2. The van der Waals surface area contributed by atoms with E-state index in [0.717, 1.165) is 12.2 Å². The molecule has 1 fully saturated rings. The van der Waals surface area contributed by atoms with Crippen molar-refractivity contribution in [2.75, 3.05) is 25.4 Å². The second-order valence-electron chi connectivity index (χ2n) is 5.18. The Bertz CT molecular complexity index is 587. The van der Waals surface area contributed by atoms with Gasteiger partial charge in [-0.25, -0.2) is 4.98 Å². The van der Waals surface area contributed by atoms with Crippen molar-refractivity contribution < 1.29 is 9.90 Å². The number of thioether (sulfide) groups is 1. The van der Waals surface area contributed by atoms with Crippen LogP contribution in [-0.4, -0.2) is 50.9 Å². The number of hydrogen-bond acceptors (Lipinski definition) is 5. The number of likely N-dealkylation sites (tertiary alicyclic amines) is 1. The molecular weight excluding hydrogens is 278 g/mol. The van der Waals surface area contributed by atoms with E-state index in [4.69, 9.17) is 5.11 Å². The average molecular weight is 295 g/mol. The van der Waals surface area contributed by atoms with Gasteiger partial charge in [0.05, 0.1) is 0 Å². The van der Waals surface area contributed by atoms with Crippen LogP contribution in [-0.2, 0) is 6.54 Å². The molecule has 0 aliphatic carbocycles. The van der Waals surface area contributed by atoms with E-state index in [0.29, 0.717) is 37.1 Å². The van der Waals surface area contributed by atoms with Gasteiger partial charge in [0.15, 0.2) is 5.16 Å². The zero-order valence-corrected chi connectivity index (χ0v) is 11.9. The fourth-order valence-corrected chi connectivity index (χ4v) is 3.68. The molecule has 0 bridgehead atoms. The van der Waals surface area contributed by atoms with Crippen LogP contribution in [0.5, 0.6) is 0 Å². The highest BCUT2D eigenvalue weighted by molar-refractivity contribution is 7.99. The van der Waals surface area contributed by atoms with Gasteiger partial charge in [0.2, 0.25) is 0 Å². The van der Waals surface area contributed by atoms with Crippen LogP contribution in [0.4, 0.5) is 0 Å². The van der Waals surface area contributed by atoms with Crippen molar-refractivity contribution in [3.05, 3.63) is 22.1 Å². The van der Waals surface area contributed by atoms with Crippen molar-refractivity contribution >= 4 is 17.7 Å². The Balaban J connectivity index is 1.80. The van der Waals surface area contributed by atoms with Crippen molar-refractivity contribution in [1.82, 2.24) is 14.5 Å². The molecule has 7 heteroatoms. The molecule has 3 heterocycles. The lowest BCUT2D eigenvalue weighted by Gasteiger charge is -2.16. The van der Waals surface area contributed by atoms with Gasteiger partial charge in [-0.2, -0.15) is 0 Å². The van der Waals surface area contributed by atoms with Crippen molar-refractivity contribution in [3.63, 3.8) is 0 Å². The number of rotatable bonds is 3. The number of nitrogens with zero attached hydrogens (tertiary/aromatic N) is 3. The second kappa shape index (κ2) is 5.57. The quantitative estimate of drug-likeness (QED) is 0.806. The minimum atomic E-state index is -0.227. The molecule has 6 nitrogen and oxygen atoms in total. The molecule has 1 atom stereocenters. The van der Waals surface area contributed by atoms with Crippen LogP contribution in [0.1, 0.15) is 23.2 Å². The summed E-state index contributed by atoms with van der Waals surface area (Å²) in [5.41, 5.74) is -0.0588. The number of amides is 1. The van der Waals surface area contributed by atoms with Gasteiger partial charge in [-0.05, 0) is 18.8 Å². The number of aliphatic hydroxyl groups excluding tert-OH is 1. The number of carbonyl (C=O) groups is 1. The molecule has 1 saturated heterocycles. The van der Waals surface area contributed by atoms with Crippen LogP contribution in [0, 0.1) is 5.92 Å². The summed E-state index contributed by atoms with van der Waals surface area (Å²) in [7, 11) is 0. The molecule has 1 amide bonds. The van der Waals surface area contributed by atoms with Crippen molar-refractivity contribution in [1.29, 1.82) is 0 Å². The maximum atomic E-state index is 12.4. The van der Waals surface area contributed by atoms with E-state index in [1.807, 2.05) is 0 Å². The molecule has 2 aliphatic rings. The van der Waals surface area contributed by atoms with Gasteiger partial charge in [0, 0.05) is 38.2 Å². The van der Waals surface area contributed by atoms with E-state index < -0.39 is 0 Å². The van der Waals surface area contributed by atoms with Crippen molar-refractivity contribution in [2.45, 2.75) is 24.5 Å². The Labute approximate surface area is 120 Å². The van der Waals surface area contributed by atoms with E-state index in [1.165, 1.54) is 6.20 Å². The van der Waals surface area contributed by atoms with Gasteiger partial charge in [-0.15, -0.1) is 0 Å². The first-order valence-corrected chi connectivity index (χ1v) is 7.82. The summed E-state index contributed by atoms with van der Waals surface area (Å²) in [6.07, 6.45) is 3.01. The normalized spacial score (nSPS) is 21.2. The Kier molecular flexibility index (Phi) is 3.80. The summed E-state index contributed by atoms with van der Waals surface area (Å²) in [4.78, 5) is 30.6. The number of aliphatic hydroxyl groups is 1. The Morgan fingerprint density at radius 2 is 2.35 bits per heavy atom. The van der Waals surface area contributed by atoms with Crippen LogP contribution in [0.3, 0.4) is 0 Å². The van der Waals surface area contributed by atoms with Gasteiger partial charge in [-0.3, -0.25) is 14.2 Å². The lowest BCUT2D eigenvalue weighted by atomic mass is 10.1. The van der Waals surface area contributed by atoms with Crippen molar-refractivity contribution in [3.8, 4) is 0 Å². The molecular formula is C13H17N3O3S. The van der Waals surface area contributed by atoms with Crippen LogP contribution in [0.2, 0.25) is 0 Å². The third-order valence-corrected chi connectivity index (χ3v) is 4.87. The van der Waals surface area contributed by atoms with E-state index in [2.05, 4.69) is 4.98 Å². The minimum Gasteiger partial charge on any atom is -0.396 e. The molecule has 0 radical (unpaired) electrons. The third kappa shape index (κ3) is 2.35. The third-order valence-electron chi connectivity index (χ3n) is 3.90. The molecule has 108 valence electrons. The number of fused-ring (bicyclic) bond motifs is 1. The highest BCUT2D eigenvalue weighted by Gasteiger charge is 2.29. The minimum absolute atomic E-state index is 0.146. The Hall–Kier alpha value is -1.34. The molecule has 3 rings (SSSR count). The number of carbonyl (C=O) groups excluding carboxylic acids is 1. The van der Waals surface area contributed by atoms with E-state index in [9.17, 15) is 9.59 Å². The first-order chi connectivity index (χ1) is 9.70. The summed E-state index contributed by atoms with van der Waals surface area (Å²) < 4.78 is 1.58. The summed E-state index contributed by atoms with van der Waals surface area (Å²) in [5.74, 6) is 0.946. The van der Waals surface area contributed by atoms with Gasteiger partial charge in [0.25, 0.3) is 11.5 Å². The first-order valence-electron chi connectivity index (χ1n) is 6.83. The second-order valence-corrected chi connectivity index (χ2v) is 6.24. The summed E-state index contributed by atoms with van der Waals surface area (Å²) in [6, 6.07) is 0. The molecule has 1 aromatic heterocycles. The van der Waals surface area contributed by atoms with E-state index >= 15 is 0 Å². The lowest BCUT2D eigenvalue weighted by molar-refractivity contribution is 0.0781. The predicted octanol–water partition coefficient (Wildman–Crippen LogP) is 0.193. The van der Waals surface area contributed by atoms with Gasteiger partial charge < -0.3 is 10.0 Å². The monoisotopic (exact) mass is 295 g/mol. The summed E-state index contributed by atoms with van der Waals surface area (Å²) >= 11 is 1.54. The molecule has 0 aromatic carbocycles. The molecule has 1 N–H and O–H groups in total. The first kappa shape index (κ1) is 13.6. The van der Waals surface area contributed by atoms with E-state index in [1.54, 1.807) is 21.2 Å². The number of aromatic nitrogens is 2. The largest absolute Gasteiger partial charge is 0.396 e. The molecule has 0 saturated carbocycles. The van der Waals surface area contributed by atoms with Crippen LogP contribution >= 0.6 is 11.8 Å². The van der Waals surface area contributed by atoms with Gasteiger partial charge in [0.1, 0.15) is 5.56 Å². The standard InChI is InChI=1S/C13H17N3O3S/c17-5-2-9-1-3-15(8-9)11(18)10-7-14-13-16(12(10)19)4-6-20-13/h7,9,17H,1-6,8H2. The maximum Gasteiger partial charge on any atom is 0.267 e. The average Bonchev–Trinajstić information content (AvgIpc) is 3.08. The van der Waals surface area contributed by atoms with Crippen molar-refractivity contribution in [2.24, 2.45) is 5.92 Å². The Morgan fingerprint density at radius 1 is 1.50 bits per heavy atom. The molecule has 20 heavy (non-hydrogen) atoms. The zero-order chi connectivity index (χ0) is 14.1. The molecule has 1 aromatic rings. The fraction of sp³-hybridized carbons (Fsp3) is 0.615. The molecule has 2 aliphatic heterocycles. The zero-order valence-electron chi connectivity index (χ0n) is 11.1. The van der Waals surface area contributed by atoms with Crippen LogP contribution in [0.15, 0.2) is 16.1 Å². The van der Waals surface area contributed by atoms with Crippen LogP contribution < -0.4 is 5.56 Å². The fourth-order valence-electron chi connectivity index (χ4n) is 2.77. The van der Waals surface area contributed by atoms with Gasteiger partial charge >= 0.3 is 0 Å². The van der Waals surface area contributed by atoms with Crippen LogP contribution in [0.25, 0.3) is 0 Å². The SMILES string of the molecule is O=C(c1cnc2n(c1=O)CCS2)N1CCC(CCO)C1. The smallest absolute Gasteiger partial charge is 0.267 e. The summed E-state index contributed by atoms with van der Waals surface area (Å²) in [5, 5.41) is 9.65.